The molecule has 0 spiro atoms. The van der Waals surface area contributed by atoms with Crippen LogP contribution in [0.2, 0.25) is 0 Å². The van der Waals surface area contributed by atoms with E-state index in [-0.39, 0.29) is 11.7 Å². The third-order valence-electron chi connectivity index (χ3n) is 4.95. The Kier molecular flexibility index (Phi) is 4.36. The number of nitrogens with zero attached hydrogens (tertiary/aromatic N) is 2. The minimum Gasteiger partial charge on any atom is -0.321 e. The second-order valence-corrected chi connectivity index (χ2v) is 6.97. The number of hydrogen-bond acceptors (Lipinski definition) is 3. The fourth-order valence-electron chi connectivity index (χ4n) is 3.53. The number of amides is 1. The Bertz CT molecular complexity index is 1030. The minimum atomic E-state index is -0.236. The van der Waals surface area contributed by atoms with Gasteiger partial charge < -0.3 is 5.32 Å². The van der Waals surface area contributed by atoms with Crippen LogP contribution in [0.5, 0.6) is 0 Å². The third kappa shape index (κ3) is 3.28. The Morgan fingerprint density at radius 3 is 2.59 bits per heavy atom. The monoisotopic (exact) mass is 359 g/mol. The Morgan fingerprint density at radius 1 is 1.07 bits per heavy atom. The predicted molar refractivity (Wildman–Crippen MR) is 105 cm³/mol. The van der Waals surface area contributed by atoms with Gasteiger partial charge in [-0.1, -0.05) is 29.8 Å². The maximum absolute atomic E-state index is 12.9. The largest absolute Gasteiger partial charge is 0.321 e. The van der Waals surface area contributed by atoms with Crippen LogP contribution in [0.15, 0.2) is 48.5 Å². The number of hydrogen-bond donors (Lipinski definition) is 1. The molecule has 0 bridgehead atoms. The Labute approximate surface area is 158 Å². The van der Waals surface area contributed by atoms with E-state index >= 15 is 0 Å². The smallest absolute Gasteiger partial charge is 0.276 e. The molecule has 0 saturated carbocycles. The molecule has 4 rings (SSSR count). The lowest BCUT2D eigenvalue weighted by Crippen LogP contribution is -2.15. The molecular weight excluding hydrogens is 338 g/mol. The number of ketones is 1. The number of nitrogens with one attached hydrogen (secondary N) is 1. The van der Waals surface area contributed by atoms with Crippen molar-refractivity contribution in [2.24, 2.45) is 0 Å². The molecule has 1 amide bonds. The van der Waals surface area contributed by atoms with Crippen molar-refractivity contribution in [3.63, 3.8) is 0 Å². The maximum atomic E-state index is 12.9. The molecule has 0 saturated heterocycles. The summed E-state index contributed by atoms with van der Waals surface area (Å²) in [6.07, 6.45) is 2.81. The van der Waals surface area contributed by atoms with E-state index in [4.69, 9.17) is 0 Å². The summed E-state index contributed by atoms with van der Waals surface area (Å²) in [4.78, 5) is 24.4. The highest BCUT2D eigenvalue weighted by Crippen LogP contribution is 2.28. The van der Waals surface area contributed by atoms with Crippen molar-refractivity contribution < 1.29 is 9.59 Å². The fourth-order valence-corrected chi connectivity index (χ4v) is 3.53. The highest BCUT2D eigenvalue weighted by atomic mass is 16.2. The van der Waals surface area contributed by atoms with Crippen molar-refractivity contribution in [3.05, 3.63) is 76.6 Å². The number of fused-ring (bicyclic) bond motifs is 1. The van der Waals surface area contributed by atoms with Gasteiger partial charge in [-0.05, 0) is 57.4 Å². The first-order valence-electron chi connectivity index (χ1n) is 9.13. The zero-order valence-electron chi connectivity index (χ0n) is 15.5. The van der Waals surface area contributed by atoms with Gasteiger partial charge in [0.05, 0.1) is 5.69 Å². The van der Waals surface area contributed by atoms with Crippen LogP contribution < -0.4 is 5.32 Å². The number of aromatic nitrogens is 2. The number of rotatable bonds is 4. The van der Waals surface area contributed by atoms with E-state index in [0.717, 1.165) is 36.2 Å². The van der Waals surface area contributed by atoms with Gasteiger partial charge in [0.25, 0.3) is 5.91 Å². The average molecular weight is 359 g/mol. The van der Waals surface area contributed by atoms with Crippen molar-refractivity contribution in [3.8, 4) is 5.69 Å². The van der Waals surface area contributed by atoms with Crippen LogP contribution in [0.25, 0.3) is 5.69 Å². The van der Waals surface area contributed by atoms with Gasteiger partial charge in [-0.15, -0.1) is 0 Å². The topological polar surface area (TPSA) is 64.0 Å². The van der Waals surface area contributed by atoms with E-state index in [1.165, 1.54) is 12.5 Å². The van der Waals surface area contributed by atoms with Crippen LogP contribution in [0.4, 0.5) is 5.69 Å². The summed E-state index contributed by atoms with van der Waals surface area (Å²) in [7, 11) is 0. The van der Waals surface area contributed by atoms with E-state index in [1.54, 1.807) is 24.3 Å². The maximum Gasteiger partial charge on any atom is 0.276 e. The summed E-state index contributed by atoms with van der Waals surface area (Å²) >= 11 is 0. The number of carbonyl (C=O) groups is 2. The van der Waals surface area contributed by atoms with Crippen molar-refractivity contribution >= 4 is 17.4 Å². The number of benzene rings is 2. The lowest BCUT2D eigenvalue weighted by atomic mass is 10.1. The molecule has 1 heterocycles. The molecule has 136 valence electrons. The Balaban J connectivity index is 1.67. The lowest BCUT2D eigenvalue weighted by Gasteiger charge is -2.06. The van der Waals surface area contributed by atoms with Crippen LogP contribution in [-0.4, -0.2) is 21.5 Å². The highest BCUT2D eigenvalue weighted by Gasteiger charge is 2.27. The van der Waals surface area contributed by atoms with Gasteiger partial charge in [0.15, 0.2) is 11.5 Å². The zero-order chi connectivity index (χ0) is 19.0. The molecule has 0 atom stereocenters. The van der Waals surface area contributed by atoms with E-state index in [9.17, 15) is 9.59 Å². The molecule has 1 aromatic heterocycles. The number of aryl methyl sites for hydroxylation is 1. The molecule has 0 radical (unpaired) electrons. The van der Waals surface area contributed by atoms with Crippen LogP contribution in [0.1, 0.15) is 51.0 Å². The summed E-state index contributed by atoms with van der Waals surface area (Å²) in [6.45, 7) is 3.56. The first kappa shape index (κ1) is 17.2. The van der Waals surface area contributed by atoms with Crippen molar-refractivity contribution in [1.82, 2.24) is 9.78 Å². The van der Waals surface area contributed by atoms with Crippen LogP contribution in [0, 0.1) is 6.92 Å². The van der Waals surface area contributed by atoms with E-state index in [0.29, 0.717) is 16.9 Å². The van der Waals surface area contributed by atoms with E-state index < -0.39 is 0 Å². The molecule has 5 nitrogen and oxygen atoms in total. The molecule has 1 aliphatic carbocycles. The van der Waals surface area contributed by atoms with Gasteiger partial charge in [0.1, 0.15) is 0 Å². The van der Waals surface area contributed by atoms with Gasteiger partial charge in [-0.2, -0.15) is 5.10 Å². The number of Topliss-reactive ketones (excluding diaryl/α,β-unsaturated/α-hetero) is 1. The normalized spacial score (nSPS) is 12.7. The van der Waals surface area contributed by atoms with Gasteiger partial charge in [-0.3, -0.25) is 9.59 Å². The quantitative estimate of drug-likeness (QED) is 0.713. The molecule has 0 fully saturated rings. The van der Waals surface area contributed by atoms with Crippen LogP contribution in [-0.2, 0) is 12.8 Å². The summed E-state index contributed by atoms with van der Waals surface area (Å²) < 4.78 is 1.89. The first-order valence-corrected chi connectivity index (χ1v) is 9.13. The summed E-state index contributed by atoms with van der Waals surface area (Å²) in [5, 5.41) is 7.51. The van der Waals surface area contributed by atoms with Gasteiger partial charge in [-0.25, -0.2) is 4.68 Å². The molecule has 2 aromatic carbocycles. The van der Waals surface area contributed by atoms with Crippen molar-refractivity contribution in [2.45, 2.75) is 33.1 Å². The summed E-state index contributed by atoms with van der Waals surface area (Å²) in [5.41, 5.74) is 5.93. The number of carbonyl (C=O) groups excluding carboxylic acids is 2. The fraction of sp³-hybridized carbons (Fsp3) is 0.227. The molecule has 5 heteroatoms. The SMILES string of the molecule is CC(=O)c1cccc(NC(=O)c2nn(-c3ccc(C)cc3)c3c2CCC3)c1. The Hall–Kier alpha value is -3.21. The number of anilines is 1. The zero-order valence-corrected chi connectivity index (χ0v) is 15.5. The van der Waals surface area contributed by atoms with E-state index in [1.807, 2.05) is 35.9 Å². The molecule has 0 aliphatic heterocycles. The predicted octanol–water partition coefficient (Wildman–Crippen LogP) is 4.12. The average Bonchev–Trinajstić information content (AvgIpc) is 3.25. The summed E-state index contributed by atoms with van der Waals surface area (Å²) in [6, 6.07) is 15.1. The van der Waals surface area contributed by atoms with Gasteiger partial charge in [0, 0.05) is 22.5 Å². The van der Waals surface area contributed by atoms with E-state index in [2.05, 4.69) is 10.4 Å². The molecule has 1 aliphatic rings. The second kappa shape index (κ2) is 6.83. The van der Waals surface area contributed by atoms with Crippen molar-refractivity contribution in [2.75, 3.05) is 5.32 Å². The lowest BCUT2D eigenvalue weighted by molar-refractivity contribution is 0.100. The van der Waals surface area contributed by atoms with Gasteiger partial charge >= 0.3 is 0 Å². The standard InChI is InChI=1S/C22H21N3O2/c1-14-9-11-18(12-10-14)25-20-8-4-7-19(20)21(24-25)22(27)23-17-6-3-5-16(13-17)15(2)26/h3,5-6,9-13H,4,7-8H2,1-2H3,(H,23,27). The van der Waals surface area contributed by atoms with Gasteiger partial charge in [0.2, 0.25) is 0 Å². The van der Waals surface area contributed by atoms with Crippen molar-refractivity contribution in [1.29, 1.82) is 0 Å². The molecule has 1 N–H and O–H groups in total. The summed E-state index contributed by atoms with van der Waals surface area (Å²) in [5.74, 6) is -0.268. The van der Waals surface area contributed by atoms with Crippen LogP contribution in [0.3, 0.4) is 0 Å². The molecular formula is C22H21N3O2. The third-order valence-corrected chi connectivity index (χ3v) is 4.95. The minimum absolute atomic E-state index is 0.0318. The molecule has 3 aromatic rings. The molecule has 27 heavy (non-hydrogen) atoms. The highest BCUT2D eigenvalue weighted by molar-refractivity contribution is 6.05. The molecule has 0 unspecified atom stereocenters. The second-order valence-electron chi connectivity index (χ2n) is 6.97. The Morgan fingerprint density at radius 2 is 1.85 bits per heavy atom. The first-order chi connectivity index (χ1) is 13.0. The van der Waals surface area contributed by atoms with Crippen LogP contribution >= 0.6 is 0 Å².